The van der Waals surface area contributed by atoms with Crippen LogP contribution in [0.4, 0.5) is 11.4 Å². The van der Waals surface area contributed by atoms with Crippen LogP contribution >= 0.6 is 15.9 Å². The minimum absolute atomic E-state index is 0.0173. The van der Waals surface area contributed by atoms with Crippen molar-refractivity contribution in [2.45, 2.75) is 32.2 Å². The van der Waals surface area contributed by atoms with Crippen molar-refractivity contribution in [2.24, 2.45) is 11.1 Å². The normalized spacial score (nSPS) is 25.6. The second kappa shape index (κ2) is 5.74. The van der Waals surface area contributed by atoms with Gasteiger partial charge in [-0.25, -0.2) is 0 Å². The molecule has 0 saturated heterocycles. The molecule has 20 heavy (non-hydrogen) atoms. The van der Waals surface area contributed by atoms with Crippen molar-refractivity contribution >= 4 is 33.2 Å². The van der Waals surface area contributed by atoms with Gasteiger partial charge in [-0.3, -0.25) is 4.79 Å². The van der Waals surface area contributed by atoms with Crippen molar-refractivity contribution in [3.63, 3.8) is 0 Å². The summed E-state index contributed by atoms with van der Waals surface area (Å²) in [5.41, 5.74) is 7.45. The summed E-state index contributed by atoms with van der Waals surface area (Å²) >= 11 is 3.45. The number of amides is 1. The molecule has 1 saturated carbocycles. The van der Waals surface area contributed by atoms with Crippen LogP contribution in [0.25, 0.3) is 0 Å². The molecule has 0 bridgehead atoms. The standard InChI is InChI=1S/C15H22BrN3O/c1-15(8-4-5-13(15)17)14(20)18-11-9-10(16)6-7-12(11)19(2)3/h6-7,9,13H,4-5,8,17H2,1-3H3,(H,18,20). The van der Waals surface area contributed by atoms with Crippen molar-refractivity contribution in [1.82, 2.24) is 0 Å². The van der Waals surface area contributed by atoms with Crippen molar-refractivity contribution in [3.8, 4) is 0 Å². The molecule has 110 valence electrons. The van der Waals surface area contributed by atoms with Crippen LogP contribution in [0.2, 0.25) is 0 Å². The zero-order valence-electron chi connectivity index (χ0n) is 12.2. The molecular formula is C15H22BrN3O. The summed E-state index contributed by atoms with van der Waals surface area (Å²) < 4.78 is 0.944. The molecule has 3 N–H and O–H groups in total. The van der Waals surface area contributed by atoms with Gasteiger partial charge in [0.2, 0.25) is 5.91 Å². The molecule has 2 atom stereocenters. The number of carbonyl (C=O) groups excluding carboxylic acids is 1. The lowest BCUT2D eigenvalue weighted by atomic mass is 9.84. The van der Waals surface area contributed by atoms with Crippen LogP contribution in [0, 0.1) is 5.41 Å². The number of anilines is 2. The molecular weight excluding hydrogens is 318 g/mol. The van der Waals surface area contributed by atoms with E-state index in [0.29, 0.717) is 0 Å². The average Bonchev–Trinajstić information content (AvgIpc) is 2.70. The van der Waals surface area contributed by atoms with Crippen LogP contribution in [-0.2, 0) is 4.79 Å². The lowest BCUT2D eigenvalue weighted by molar-refractivity contribution is -0.125. The van der Waals surface area contributed by atoms with E-state index in [9.17, 15) is 4.79 Å². The molecule has 1 aliphatic carbocycles. The number of nitrogens with two attached hydrogens (primary N) is 1. The van der Waals surface area contributed by atoms with Crippen LogP contribution in [0.5, 0.6) is 0 Å². The first-order valence-electron chi connectivity index (χ1n) is 6.88. The molecule has 0 aromatic heterocycles. The number of nitrogens with zero attached hydrogens (tertiary/aromatic N) is 1. The van der Waals surface area contributed by atoms with Gasteiger partial charge >= 0.3 is 0 Å². The summed E-state index contributed by atoms with van der Waals surface area (Å²) in [6.07, 6.45) is 2.79. The predicted molar refractivity (Wildman–Crippen MR) is 87.0 cm³/mol. The van der Waals surface area contributed by atoms with Crippen LogP contribution in [0.1, 0.15) is 26.2 Å². The second-order valence-electron chi connectivity index (χ2n) is 5.93. The fourth-order valence-corrected chi connectivity index (χ4v) is 3.10. The molecule has 0 aliphatic heterocycles. The lowest BCUT2D eigenvalue weighted by Crippen LogP contribution is -2.44. The number of hydrogen-bond acceptors (Lipinski definition) is 3. The quantitative estimate of drug-likeness (QED) is 0.889. The smallest absolute Gasteiger partial charge is 0.231 e. The van der Waals surface area contributed by atoms with Crippen molar-refractivity contribution in [3.05, 3.63) is 22.7 Å². The van der Waals surface area contributed by atoms with Gasteiger partial charge in [0.15, 0.2) is 0 Å². The second-order valence-corrected chi connectivity index (χ2v) is 6.84. The van der Waals surface area contributed by atoms with Crippen LogP contribution < -0.4 is 16.0 Å². The number of nitrogens with one attached hydrogen (secondary N) is 1. The predicted octanol–water partition coefficient (Wildman–Crippen LogP) is 2.97. The Labute approximate surface area is 128 Å². The maximum absolute atomic E-state index is 12.6. The van der Waals surface area contributed by atoms with E-state index in [1.807, 2.05) is 44.1 Å². The van der Waals surface area contributed by atoms with E-state index in [2.05, 4.69) is 21.2 Å². The molecule has 1 aromatic carbocycles. The van der Waals surface area contributed by atoms with E-state index in [-0.39, 0.29) is 11.9 Å². The molecule has 4 nitrogen and oxygen atoms in total. The summed E-state index contributed by atoms with van der Waals surface area (Å²) in [4.78, 5) is 14.6. The number of rotatable bonds is 3. The van der Waals surface area contributed by atoms with Gasteiger partial charge < -0.3 is 16.0 Å². The third-order valence-corrected chi connectivity index (χ3v) is 4.73. The Kier molecular flexibility index (Phi) is 4.39. The van der Waals surface area contributed by atoms with Gasteiger partial charge in [-0.1, -0.05) is 22.4 Å². The van der Waals surface area contributed by atoms with E-state index in [1.165, 1.54) is 0 Å². The molecule has 2 unspecified atom stereocenters. The molecule has 1 aliphatic rings. The van der Waals surface area contributed by atoms with Gasteiger partial charge in [-0.2, -0.15) is 0 Å². The number of benzene rings is 1. The SMILES string of the molecule is CN(C)c1ccc(Br)cc1NC(=O)C1(C)CCCC1N. The fraction of sp³-hybridized carbons (Fsp3) is 0.533. The van der Waals surface area contributed by atoms with Crippen LogP contribution in [0.3, 0.4) is 0 Å². The monoisotopic (exact) mass is 339 g/mol. The first-order chi connectivity index (χ1) is 9.34. The lowest BCUT2D eigenvalue weighted by Gasteiger charge is -2.28. The van der Waals surface area contributed by atoms with Gasteiger partial charge in [0, 0.05) is 24.6 Å². The molecule has 0 heterocycles. The molecule has 0 spiro atoms. The number of carbonyl (C=O) groups is 1. The van der Waals surface area contributed by atoms with Gasteiger partial charge in [-0.05, 0) is 38.0 Å². The minimum atomic E-state index is -0.466. The summed E-state index contributed by atoms with van der Waals surface area (Å²) in [6, 6.07) is 5.82. The first kappa shape index (κ1) is 15.3. The fourth-order valence-electron chi connectivity index (χ4n) is 2.74. The number of hydrogen-bond donors (Lipinski definition) is 2. The highest BCUT2D eigenvalue weighted by Gasteiger charge is 2.43. The Balaban J connectivity index is 2.26. The van der Waals surface area contributed by atoms with Crippen molar-refractivity contribution in [1.29, 1.82) is 0 Å². The van der Waals surface area contributed by atoms with E-state index in [1.54, 1.807) is 0 Å². The Bertz CT molecular complexity index is 518. The summed E-state index contributed by atoms with van der Waals surface area (Å²) in [7, 11) is 3.92. The maximum Gasteiger partial charge on any atom is 0.231 e. The van der Waals surface area contributed by atoms with E-state index >= 15 is 0 Å². The van der Waals surface area contributed by atoms with Gasteiger partial charge in [0.05, 0.1) is 16.8 Å². The van der Waals surface area contributed by atoms with Gasteiger partial charge in [-0.15, -0.1) is 0 Å². The van der Waals surface area contributed by atoms with Crippen LogP contribution in [0.15, 0.2) is 22.7 Å². The highest BCUT2D eigenvalue weighted by atomic mass is 79.9. The Morgan fingerprint density at radius 2 is 2.20 bits per heavy atom. The Morgan fingerprint density at radius 1 is 1.50 bits per heavy atom. The Hall–Kier alpha value is -1.07. The highest BCUT2D eigenvalue weighted by Crippen LogP contribution is 2.38. The summed E-state index contributed by atoms with van der Waals surface area (Å²) in [5.74, 6) is 0.0173. The molecule has 5 heteroatoms. The average molecular weight is 340 g/mol. The molecule has 1 amide bonds. The minimum Gasteiger partial charge on any atom is -0.376 e. The number of halogens is 1. The molecule has 0 radical (unpaired) electrons. The highest BCUT2D eigenvalue weighted by molar-refractivity contribution is 9.10. The van der Waals surface area contributed by atoms with E-state index in [4.69, 9.17) is 5.73 Å². The zero-order valence-corrected chi connectivity index (χ0v) is 13.8. The molecule has 1 aromatic rings. The Morgan fingerprint density at radius 3 is 2.75 bits per heavy atom. The van der Waals surface area contributed by atoms with Gasteiger partial charge in [0.25, 0.3) is 0 Å². The maximum atomic E-state index is 12.6. The van der Waals surface area contributed by atoms with Crippen LogP contribution in [-0.4, -0.2) is 26.0 Å². The van der Waals surface area contributed by atoms with E-state index in [0.717, 1.165) is 35.1 Å². The van der Waals surface area contributed by atoms with Crippen molar-refractivity contribution in [2.75, 3.05) is 24.3 Å². The topological polar surface area (TPSA) is 58.4 Å². The van der Waals surface area contributed by atoms with Gasteiger partial charge in [0.1, 0.15) is 0 Å². The molecule has 1 fully saturated rings. The third-order valence-electron chi connectivity index (χ3n) is 4.24. The zero-order chi connectivity index (χ0) is 14.9. The molecule has 2 rings (SSSR count). The van der Waals surface area contributed by atoms with E-state index < -0.39 is 5.41 Å². The summed E-state index contributed by atoms with van der Waals surface area (Å²) in [6.45, 7) is 1.97. The summed E-state index contributed by atoms with van der Waals surface area (Å²) in [5, 5.41) is 3.05. The van der Waals surface area contributed by atoms with Crippen molar-refractivity contribution < 1.29 is 4.79 Å². The first-order valence-corrected chi connectivity index (χ1v) is 7.68. The third kappa shape index (κ3) is 2.83. The largest absolute Gasteiger partial charge is 0.376 e.